The Kier molecular flexibility index (Phi) is 7.52. The maximum Gasteiger partial charge on any atom is 0.258 e. The number of carbonyl (C=O) groups is 4. The van der Waals surface area contributed by atoms with Gasteiger partial charge in [-0.1, -0.05) is 0 Å². The van der Waals surface area contributed by atoms with Crippen LogP contribution in [0.4, 0.5) is 4.39 Å². The van der Waals surface area contributed by atoms with Gasteiger partial charge in [-0.05, 0) is 31.0 Å². The second-order valence-corrected chi connectivity index (χ2v) is 8.48. The second kappa shape index (κ2) is 10.2. The molecule has 1 aromatic rings. The van der Waals surface area contributed by atoms with Gasteiger partial charge < -0.3 is 30.5 Å². The maximum atomic E-state index is 14.0. The number of carbonyl (C=O) groups excluding carboxylic acids is 4. The Labute approximate surface area is 191 Å². The fraction of sp³-hybridized carbons (Fsp3) is 0.545. The van der Waals surface area contributed by atoms with Crippen molar-refractivity contribution in [2.45, 2.75) is 37.4 Å². The molecule has 0 spiro atoms. The lowest BCUT2D eigenvalue weighted by Crippen LogP contribution is -2.47. The van der Waals surface area contributed by atoms with Crippen LogP contribution in [-0.2, 0) is 14.4 Å². The molecule has 3 N–H and O–H groups in total. The van der Waals surface area contributed by atoms with Gasteiger partial charge in [-0.2, -0.15) is 0 Å². The summed E-state index contributed by atoms with van der Waals surface area (Å²) in [5.41, 5.74) is 6.01. The van der Waals surface area contributed by atoms with E-state index in [1.165, 1.54) is 43.1 Å². The van der Waals surface area contributed by atoms with Crippen molar-refractivity contribution in [1.29, 1.82) is 0 Å². The zero-order chi connectivity index (χ0) is 24.3. The largest absolute Gasteiger partial charge is 0.491 e. The Morgan fingerprint density at radius 3 is 2.64 bits per heavy atom. The van der Waals surface area contributed by atoms with Gasteiger partial charge in [0.15, 0.2) is 0 Å². The highest BCUT2D eigenvalue weighted by Crippen LogP contribution is 2.25. The Balaban J connectivity index is 1.99. The third kappa shape index (κ3) is 5.41. The van der Waals surface area contributed by atoms with Gasteiger partial charge in [-0.25, -0.2) is 4.39 Å². The van der Waals surface area contributed by atoms with E-state index in [0.29, 0.717) is 13.0 Å². The molecule has 1 aromatic carbocycles. The van der Waals surface area contributed by atoms with Gasteiger partial charge in [0, 0.05) is 40.2 Å². The van der Waals surface area contributed by atoms with Crippen LogP contribution in [0.1, 0.15) is 29.6 Å². The summed E-state index contributed by atoms with van der Waals surface area (Å²) in [5.74, 6) is -2.18. The van der Waals surface area contributed by atoms with Crippen LogP contribution in [0, 0.1) is 5.82 Å². The molecule has 11 heteroatoms. The van der Waals surface area contributed by atoms with Crippen molar-refractivity contribution < 1.29 is 28.3 Å². The first-order valence-corrected chi connectivity index (χ1v) is 10.8. The van der Waals surface area contributed by atoms with Crippen LogP contribution in [0.25, 0.3) is 0 Å². The summed E-state index contributed by atoms with van der Waals surface area (Å²) >= 11 is 0. The lowest BCUT2D eigenvalue weighted by molar-refractivity contribution is -0.140. The predicted octanol–water partition coefficient (Wildman–Crippen LogP) is -0.428. The highest BCUT2D eigenvalue weighted by atomic mass is 19.1. The van der Waals surface area contributed by atoms with E-state index < -0.39 is 23.7 Å². The minimum Gasteiger partial charge on any atom is -0.491 e. The SMILES string of the molecule is CNC(=O)[C@H]1CCC(=O)N(C)CC(=O)N2C[C@@H](N)C[C@H]2COc2ccc(F)cc2C(=O)N1C. The van der Waals surface area contributed by atoms with Crippen LogP contribution >= 0.6 is 0 Å². The molecule has 0 aliphatic carbocycles. The normalized spacial score (nSPS) is 25.1. The molecule has 2 heterocycles. The zero-order valence-electron chi connectivity index (χ0n) is 19.0. The highest BCUT2D eigenvalue weighted by Gasteiger charge is 2.36. The van der Waals surface area contributed by atoms with E-state index in [0.717, 1.165) is 6.07 Å². The molecule has 3 atom stereocenters. The van der Waals surface area contributed by atoms with E-state index in [9.17, 15) is 23.6 Å². The molecular weight excluding hydrogens is 433 g/mol. The predicted molar refractivity (Wildman–Crippen MR) is 117 cm³/mol. The van der Waals surface area contributed by atoms with Crippen LogP contribution in [0.5, 0.6) is 5.75 Å². The van der Waals surface area contributed by atoms with Gasteiger partial charge in [-0.3, -0.25) is 19.2 Å². The number of hydrogen-bond donors (Lipinski definition) is 2. The Bertz CT molecular complexity index is 942. The number of ether oxygens (including phenoxy) is 1. The first-order chi connectivity index (χ1) is 15.6. The van der Waals surface area contributed by atoms with Crippen LogP contribution in [0.2, 0.25) is 0 Å². The number of fused-ring (bicyclic) bond motifs is 2. The smallest absolute Gasteiger partial charge is 0.258 e. The summed E-state index contributed by atoms with van der Waals surface area (Å²) in [6.07, 6.45) is 0.462. The Morgan fingerprint density at radius 2 is 1.94 bits per heavy atom. The van der Waals surface area contributed by atoms with Gasteiger partial charge in [0.2, 0.25) is 17.7 Å². The number of nitrogens with zero attached hydrogens (tertiary/aromatic N) is 3. The summed E-state index contributed by atoms with van der Waals surface area (Å²) in [4.78, 5) is 55.4. The molecule has 0 unspecified atom stereocenters. The minimum atomic E-state index is -0.974. The van der Waals surface area contributed by atoms with Crippen molar-refractivity contribution in [2.75, 3.05) is 40.8 Å². The van der Waals surface area contributed by atoms with Gasteiger partial charge in [0.25, 0.3) is 5.91 Å². The topological polar surface area (TPSA) is 125 Å². The number of benzene rings is 1. The number of likely N-dealkylation sites (N-methyl/N-ethyl adjacent to an activating group) is 3. The third-order valence-corrected chi connectivity index (χ3v) is 6.14. The molecule has 3 rings (SSSR count). The van der Waals surface area contributed by atoms with E-state index in [1.54, 1.807) is 4.90 Å². The number of rotatable bonds is 1. The van der Waals surface area contributed by atoms with Gasteiger partial charge >= 0.3 is 0 Å². The van der Waals surface area contributed by atoms with E-state index in [4.69, 9.17) is 10.5 Å². The van der Waals surface area contributed by atoms with Crippen molar-refractivity contribution in [3.63, 3.8) is 0 Å². The first kappa shape index (κ1) is 24.4. The van der Waals surface area contributed by atoms with Crippen molar-refractivity contribution in [3.05, 3.63) is 29.6 Å². The van der Waals surface area contributed by atoms with E-state index in [2.05, 4.69) is 5.32 Å². The van der Waals surface area contributed by atoms with Crippen molar-refractivity contribution in [1.82, 2.24) is 20.0 Å². The summed E-state index contributed by atoms with van der Waals surface area (Å²) in [5, 5.41) is 2.49. The number of halogens is 1. The van der Waals surface area contributed by atoms with Crippen LogP contribution in [0.15, 0.2) is 18.2 Å². The van der Waals surface area contributed by atoms with Crippen molar-refractivity contribution in [2.24, 2.45) is 5.73 Å². The molecule has 33 heavy (non-hydrogen) atoms. The van der Waals surface area contributed by atoms with E-state index >= 15 is 0 Å². The molecule has 4 amide bonds. The minimum absolute atomic E-state index is 0.0298. The second-order valence-electron chi connectivity index (χ2n) is 8.48. The molecular formula is C22H30FN5O5. The van der Waals surface area contributed by atoms with Crippen molar-refractivity contribution >= 4 is 23.6 Å². The molecule has 2 aliphatic rings. The lowest BCUT2D eigenvalue weighted by Gasteiger charge is -2.28. The maximum absolute atomic E-state index is 14.0. The summed E-state index contributed by atoms with van der Waals surface area (Å²) < 4.78 is 19.9. The molecule has 1 saturated heterocycles. The van der Waals surface area contributed by atoms with Crippen LogP contribution in [-0.4, -0.2) is 97.3 Å². The highest BCUT2D eigenvalue weighted by molar-refractivity contribution is 5.99. The average molecular weight is 464 g/mol. The van der Waals surface area contributed by atoms with Crippen LogP contribution < -0.4 is 15.8 Å². The van der Waals surface area contributed by atoms with Gasteiger partial charge in [-0.15, -0.1) is 0 Å². The van der Waals surface area contributed by atoms with Gasteiger partial charge in [0.1, 0.15) is 24.2 Å². The van der Waals surface area contributed by atoms with E-state index in [1.807, 2.05) is 0 Å². The number of hydrogen-bond acceptors (Lipinski definition) is 6. The number of nitrogens with one attached hydrogen (secondary N) is 1. The molecule has 0 aromatic heterocycles. The molecule has 1 fully saturated rings. The summed E-state index contributed by atoms with van der Waals surface area (Å²) in [6.45, 7) is 0.237. The quantitative estimate of drug-likeness (QED) is 0.582. The molecule has 10 nitrogen and oxygen atoms in total. The zero-order valence-corrected chi connectivity index (χ0v) is 19.0. The fourth-order valence-corrected chi connectivity index (χ4v) is 4.23. The van der Waals surface area contributed by atoms with E-state index in [-0.39, 0.29) is 61.2 Å². The van der Waals surface area contributed by atoms with Gasteiger partial charge in [0.05, 0.1) is 18.2 Å². The molecule has 2 aliphatic heterocycles. The van der Waals surface area contributed by atoms with Crippen LogP contribution in [0.3, 0.4) is 0 Å². The lowest BCUT2D eigenvalue weighted by atomic mass is 10.1. The standard InChI is InChI=1S/C22H30FN5O5/c1-25-21(31)17-5-7-19(29)26(2)11-20(30)28-10-14(24)9-15(28)12-33-18-6-4-13(23)8-16(18)22(32)27(17)3/h4,6,8,14-15,17H,5,7,9-12,24H2,1-3H3,(H,25,31)/t14-,15-,17+/m0/s1. The third-order valence-electron chi connectivity index (χ3n) is 6.14. The molecule has 0 bridgehead atoms. The Morgan fingerprint density at radius 1 is 1.21 bits per heavy atom. The molecule has 0 radical (unpaired) electrons. The monoisotopic (exact) mass is 463 g/mol. The Hall–Kier alpha value is -3.21. The summed E-state index contributed by atoms with van der Waals surface area (Å²) in [7, 11) is 4.37. The molecule has 180 valence electrons. The average Bonchev–Trinajstić information content (AvgIpc) is 3.17. The first-order valence-electron chi connectivity index (χ1n) is 10.8. The van der Waals surface area contributed by atoms with Crippen molar-refractivity contribution in [3.8, 4) is 5.75 Å². The number of nitrogens with two attached hydrogens (primary N) is 1. The number of amides is 4. The molecule has 0 saturated carbocycles. The fourth-order valence-electron chi connectivity index (χ4n) is 4.23. The summed E-state index contributed by atoms with van der Waals surface area (Å²) in [6, 6.07) is 2.00.